The maximum absolute atomic E-state index is 11.4. The molecule has 0 amide bonds. The van der Waals surface area contributed by atoms with E-state index in [1.807, 2.05) is 0 Å². The number of aromatic nitrogens is 4. The second kappa shape index (κ2) is 2.85. The van der Waals surface area contributed by atoms with Gasteiger partial charge in [-0.15, -0.1) is 16.7 Å². The topological polar surface area (TPSA) is 63.0 Å². The predicted molar refractivity (Wildman–Crippen MR) is 47.9 cm³/mol. The van der Waals surface area contributed by atoms with Gasteiger partial charge >= 0.3 is 0 Å². The van der Waals surface area contributed by atoms with E-state index in [0.29, 0.717) is 17.3 Å². The Morgan fingerprint density at radius 3 is 3.15 bits per heavy atom. The number of hydrogen-bond donors (Lipinski definition) is 1. The molecule has 0 saturated heterocycles. The first kappa shape index (κ1) is 8.25. The van der Waals surface area contributed by atoms with E-state index < -0.39 is 0 Å². The number of aryl methyl sites for hydroxylation is 1. The fraction of sp³-hybridized carbons (Fsp3) is 0.286. The van der Waals surface area contributed by atoms with Crippen LogP contribution in [0.25, 0.3) is 5.78 Å². The molecule has 68 valence electrons. The summed E-state index contributed by atoms with van der Waals surface area (Å²) >= 11 is 5.58. The summed E-state index contributed by atoms with van der Waals surface area (Å²) in [4.78, 5) is 18.3. The summed E-state index contributed by atoms with van der Waals surface area (Å²) < 4.78 is 1.21. The Bertz CT molecular complexity index is 501. The molecule has 0 unspecified atom stereocenters. The minimum atomic E-state index is -0.218. The van der Waals surface area contributed by atoms with Crippen molar-refractivity contribution in [2.45, 2.75) is 12.8 Å². The zero-order valence-corrected chi connectivity index (χ0v) is 7.67. The molecule has 5 nitrogen and oxygen atoms in total. The Labute approximate surface area is 78.4 Å². The van der Waals surface area contributed by atoms with Crippen LogP contribution in [0.15, 0.2) is 10.9 Å². The monoisotopic (exact) mass is 198 g/mol. The van der Waals surface area contributed by atoms with E-state index in [2.05, 4.69) is 15.1 Å². The van der Waals surface area contributed by atoms with Crippen LogP contribution in [0.1, 0.15) is 11.5 Å². The van der Waals surface area contributed by atoms with Gasteiger partial charge in [-0.05, 0) is 6.92 Å². The number of hydrogen-bond acceptors (Lipinski definition) is 3. The van der Waals surface area contributed by atoms with Crippen LogP contribution >= 0.6 is 11.6 Å². The van der Waals surface area contributed by atoms with E-state index in [9.17, 15) is 4.79 Å². The van der Waals surface area contributed by atoms with Gasteiger partial charge in [0.2, 0.25) is 5.78 Å². The van der Waals surface area contributed by atoms with Crippen LogP contribution in [0.5, 0.6) is 0 Å². The molecular formula is C7H7ClN4O. The van der Waals surface area contributed by atoms with Crippen molar-refractivity contribution in [2.24, 2.45) is 0 Å². The predicted octanol–water partition coefficient (Wildman–Crippen LogP) is 0.465. The Morgan fingerprint density at radius 2 is 2.46 bits per heavy atom. The molecule has 0 aliphatic carbocycles. The van der Waals surface area contributed by atoms with E-state index >= 15 is 0 Å². The third kappa shape index (κ3) is 1.31. The number of aromatic amines is 1. The number of nitrogens with zero attached hydrogens (tertiary/aromatic N) is 3. The lowest BCUT2D eigenvalue weighted by atomic mass is 10.4. The van der Waals surface area contributed by atoms with Crippen molar-refractivity contribution >= 4 is 17.4 Å². The van der Waals surface area contributed by atoms with Gasteiger partial charge in [0.1, 0.15) is 5.82 Å². The molecule has 0 aromatic carbocycles. The molecule has 0 aliphatic rings. The van der Waals surface area contributed by atoms with Crippen LogP contribution in [0.4, 0.5) is 0 Å². The first-order valence-corrected chi connectivity index (χ1v) is 4.25. The highest BCUT2D eigenvalue weighted by atomic mass is 35.5. The van der Waals surface area contributed by atoms with E-state index in [4.69, 9.17) is 11.6 Å². The highest BCUT2D eigenvalue weighted by Crippen LogP contribution is 1.99. The van der Waals surface area contributed by atoms with Crippen LogP contribution in [0.3, 0.4) is 0 Å². The molecule has 13 heavy (non-hydrogen) atoms. The molecule has 0 fully saturated rings. The first-order valence-electron chi connectivity index (χ1n) is 3.72. The fourth-order valence-electron chi connectivity index (χ4n) is 1.11. The van der Waals surface area contributed by atoms with Gasteiger partial charge in [0.05, 0.1) is 5.88 Å². The zero-order valence-electron chi connectivity index (χ0n) is 6.91. The lowest BCUT2D eigenvalue weighted by molar-refractivity contribution is 0.871. The summed E-state index contributed by atoms with van der Waals surface area (Å²) in [6, 6.07) is 1.41. The van der Waals surface area contributed by atoms with Crippen molar-refractivity contribution in [3.63, 3.8) is 0 Å². The molecular weight excluding hydrogens is 192 g/mol. The zero-order chi connectivity index (χ0) is 9.42. The van der Waals surface area contributed by atoms with Gasteiger partial charge in [0.15, 0.2) is 0 Å². The Kier molecular flexibility index (Phi) is 1.81. The van der Waals surface area contributed by atoms with Crippen molar-refractivity contribution in [1.29, 1.82) is 0 Å². The van der Waals surface area contributed by atoms with Gasteiger partial charge in [-0.3, -0.25) is 4.79 Å². The van der Waals surface area contributed by atoms with Crippen molar-refractivity contribution in [3.8, 4) is 0 Å². The second-order valence-electron chi connectivity index (χ2n) is 2.66. The molecule has 0 spiro atoms. The number of halogens is 1. The maximum Gasteiger partial charge on any atom is 0.275 e. The summed E-state index contributed by atoms with van der Waals surface area (Å²) in [5, 5.41) is 3.91. The lowest BCUT2D eigenvalue weighted by Gasteiger charge is -1.94. The first-order chi connectivity index (χ1) is 6.20. The van der Waals surface area contributed by atoms with Crippen LogP contribution in [-0.2, 0) is 5.88 Å². The van der Waals surface area contributed by atoms with Crippen LogP contribution < -0.4 is 5.56 Å². The van der Waals surface area contributed by atoms with E-state index in [1.165, 1.54) is 10.6 Å². The average Bonchev–Trinajstić information content (AvgIpc) is 2.46. The number of fused-ring (bicyclic) bond motifs is 1. The summed E-state index contributed by atoms with van der Waals surface area (Å²) in [5.74, 6) is 1.25. The van der Waals surface area contributed by atoms with Crippen LogP contribution in [0.2, 0.25) is 0 Å². The van der Waals surface area contributed by atoms with Crippen LogP contribution in [-0.4, -0.2) is 19.6 Å². The smallest absolute Gasteiger partial charge is 0.275 e. The van der Waals surface area contributed by atoms with Crippen molar-refractivity contribution in [2.75, 3.05) is 0 Å². The average molecular weight is 199 g/mol. The molecule has 0 saturated carbocycles. The number of H-pyrrole nitrogens is 1. The third-order valence-electron chi connectivity index (χ3n) is 1.64. The molecule has 2 rings (SSSR count). The molecule has 2 aromatic heterocycles. The van der Waals surface area contributed by atoms with E-state index in [-0.39, 0.29) is 11.4 Å². The number of nitrogens with one attached hydrogen (secondary N) is 1. The molecule has 0 atom stereocenters. The Balaban J connectivity index is 2.83. The minimum Gasteiger partial charge on any atom is -0.326 e. The van der Waals surface area contributed by atoms with Crippen molar-refractivity contribution in [1.82, 2.24) is 19.6 Å². The van der Waals surface area contributed by atoms with Gasteiger partial charge in [-0.2, -0.15) is 9.50 Å². The summed E-state index contributed by atoms with van der Waals surface area (Å²) in [5.41, 5.74) is 0.427. The minimum absolute atomic E-state index is 0.218. The molecule has 1 N–H and O–H groups in total. The molecule has 0 aliphatic heterocycles. The normalized spacial score (nSPS) is 10.9. The van der Waals surface area contributed by atoms with Gasteiger partial charge in [-0.25, -0.2) is 0 Å². The van der Waals surface area contributed by atoms with Crippen LogP contribution in [0, 0.1) is 6.92 Å². The standard InChI is InChI=1S/C7H7ClN4O/c1-4-9-7-10-5(3-8)2-6(13)12(7)11-4/h2H,3H2,1H3,(H,9,10,11). The highest BCUT2D eigenvalue weighted by molar-refractivity contribution is 6.16. The molecule has 6 heteroatoms. The molecule has 0 radical (unpaired) electrons. The number of rotatable bonds is 1. The SMILES string of the molecule is Cc1nc2[nH]c(CCl)cc(=O)n2n1. The fourth-order valence-corrected chi connectivity index (χ4v) is 1.26. The summed E-state index contributed by atoms with van der Waals surface area (Å²) in [6.45, 7) is 1.72. The summed E-state index contributed by atoms with van der Waals surface area (Å²) in [7, 11) is 0. The largest absolute Gasteiger partial charge is 0.326 e. The maximum atomic E-state index is 11.4. The number of alkyl halides is 1. The van der Waals surface area contributed by atoms with Gasteiger partial charge in [0.25, 0.3) is 5.56 Å². The molecule has 2 heterocycles. The van der Waals surface area contributed by atoms with E-state index in [0.717, 1.165) is 0 Å². The molecule has 0 bridgehead atoms. The summed E-state index contributed by atoms with van der Waals surface area (Å²) in [6.07, 6.45) is 0. The quantitative estimate of drug-likeness (QED) is 0.678. The highest BCUT2D eigenvalue weighted by Gasteiger charge is 2.04. The van der Waals surface area contributed by atoms with Crippen molar-refractivity contribution in [3.05, 3.63) is 27.9 Å². The Hall–Kier alpha value is -1.36. The van der Waals surface area contributed by atoms with Crippen molar-refractivity contribution < 1.29 is 0 Å². The second-order valence-corrected chi connectivity index (χ2v) is 2.93. The van der Waals surface area contributed by atoms with Gasteiger partial charge in [0, 0.05) is 11.8 Å². The van der Waals surface area contributed by atoms with Gasteiger partial charge < -0.3 is 4.98 Å². The molecule has 2 aromatic rings. The Morgan fingerprint density at radius 1 is 1.69 bits per heavy atom. The van der Waals surface area contributed by atoms with E-state index in [1.54, 1.807) is 6.92 Å². The van der Waals surface area contributed by atoms with Gasteiger partial charge in [-0.1, -0.05) is 0 Å². The third-order valence-corrected chi connectivity index (χ3v) is 1.92. The lowest BCUT2D eigenvalue weighted by Crippen LogP contribution is -2.15.